The van der Waals surface area contributed by atoms with E-state index in [-0.39, 0.29) is 11.7 Å². The topological polar surface area (TPSA) is 37.4 Å². The molecule has 0 N–H and O–H groups in total. The predicted molar refractivity (Wildman–Crippen MR) is 99.4 cm³/mol. The van der Waals surface area contributed by atoms with Crippen molar-refractivity contribution in [3.05, 3.63) is 42.0 Å². The smallest absolute Gasteiger partial charge is 0.231 e. The van der Waals surface area contributed by atoms with Gasteiger partial charge in [-0.2, -0.15) is 0 Å². The van der Waals surface area contributed by atoms with Crippen LogP contribution < -0.4 is 4.90 Å². The molecular formula is C21H29NO2. The highest BCUT2D eigenvalue weighted by molar-refractivity contribution is 6.00. The Morgan fingerprint density at radius 3 is 2.67 bits per heavy atom. The summed E-state index contributed by atoms with van der Waals surface area (Å²) in [4.78, 5) is 26.4. The van der Waals surface area contributed by atoms with Crippen molar-refractivity contribution in [3.8, 4) is 0 Å². The molecule has 0 spiro atoms. The number of amides is 1. The molecule has 1 heterocycles. The number of nitrogens with zero attached hydrogens (tertiary/aromatic N) is 1. The second-order valence-corrected chi connectivity index (χ2v) is 7.96. The number of benzene rings is 1. The van der Waals surface area contributed by atoms with Crippen molar-refractivity contribution in [2.24, 2.45) is 5.41 Å². The van der Waals surface area contributed by atoms with Gasteiger partial charge in [-0.25, -0.2) is 0 Å². The normalized spacial score (nSPS) is 15.7. The van der Waals surface area contributed by atoms with Gasteiger partial charge in [0.15, 0.2) is 5.78 Å². The van der Waals surface area contributed by atoms with Crippen molar-refractivity contribution in [2.75, 3.05) is 11.4 Å². The first-order valence-electron chi connectivity index (χ1n) is 8.86. The van der Waals surface area contributed by atoms with Crippen LogP contribution in [0.25, 0.3) is 0 Å². The quantitative estimate of drug-likeness (QED) is 0.411. The molecule has 0 unspecified atom stereocenters. The van der Waals surface area contributed by atoms with Gasteiger partial charge in [0.1, 0.15) is 0 Å². The number of carbonyl (C=O) groups is 2. The second-order valence-electron chi connectivity index (χ2n) is 7.96. The molecule has 1 aliphatic heterocycles. The number of ketones is 1. The fraction of sp³-hybridized carbons (Fsp3) is 0.524. The zero-order valence-electron chi connectivity index (χ0n) is 15.2. The van der Waals surface area contributed by atoms with E-state index in [1.54, 1.807) is 4.90 Å². The third-order valence-electron chi connectivity index (χ3n) is 4.45. The molecule has 1 saturated heterocycles. The Labute approximate surface area is 145 Å². The fourth-order valence-corrected chi connectivity index (χ4v) is 3.00. The maximum atomic E-state index is 12.4. The van der Waals surface area contributed by atoms with Gasteiger partial charge in [0.25, 0.3) is 0 Å². The lowest BCUT2D eigenvalue weighted by Gasteiger charge is -2.28. The summed E-state index contributed by atoms with van der Waals surface area (Å²) in [5, 5.41) is 0. The lowest BCUT2D eigenvalue weighted by Crippen LogP contribution is -2.36. The molecule has 0 bridgehead atoms. The molecule has 130 valence electrons. The van der Waals surface area contributed by atoms with Crippen LogP contribution >= 0.6 is 0 Å². The number of rotatable bonds is 6. The maximum Gasteiger partial charge on any atom is 0.231 e. The minimum atomic E-state index is 0.0704. The van der Waals surface area contributed by atoms with Crippen LogP contribution in [0.2, 0.25) is 0 Å². The van der Waals surface area contributed by atoms with E-state index in [0.717, 1.165) is 36.9 Å². The summed E-state index contributed by atoms with van der Waals surface area (Å²) < 4.78 is 0. The van der Waals surface area contributed by atoms with Crippen molar-refractivity contribution >= 4 is 17.4 Å². The molecule has 1 aromatic carbocycles. The van der Waals surface area contributed by atoms with Gasteiger partial charge in [0.05, 0.1) is 0 Å². The molecule has 0 radical (unpaired) electrons. The van der Waals surface area contributed by atoms with Gasteiger partial charge in [-0.15, -0.1) is 0 Å². The Morgan fingerprint density at radius 2 is 2.00 bits per heavy atom. The Kier molecular flexibility index (Phi) is 5.98. The summed E-state index contributed by atoms with van der Waals surface area (Å²) in [6, 6.07) is 7.48. The van der Waals surface area contributed by atoms with Crippen LogP contribution in [0.5, 0.6) is 0 Å². The third-order valence-corrected chi connectivity index (χ3v) is 4.45. The van der Waals surface area contributed by atoms with Crippen LogP contribution in [-0.2, 0) is 4.79 Å². The first kappa shape index (κ1) is 18.4. The highest BCUT2D eigenvalue weighted by atomic mass is 16.2. The lowest BCUT2D eigenvalue weighted by molar-refractivity contribution is -0.118. The average molecular weight is 327 g/mol. The molecule has 3 heteroatoms. The Morgan fingerprint density at radius 1 is 1.25 bits per heavy atom. The summed E-state index contributed by atoms with van der Waals surface area (Å²) in [6.45, 7) is 11.2. The molecule has 1 amide bonds. The minimum absolute atomic E-state index is 0.0704. The van der Waals surface area contributed by atoms with Crippen molar-refractivity contribution in [1.82, 2.24) is 0 Å². The average Bonchev–Trinajstić information content (AvgIpc) is 2.50. The Bertz CT molecular complexity index is 625. The zero-order chi connectivity index (χ0) is 17.7. The van der Waals surface area contributed by atoms with E-state index < -0.39 is 0 Å². The van der Waals surface area contributed by atoms with Crippen LogP contribution in [-0.4, -0.2) is 18.2 Å². The van der Waals surface area contributed by atoms with Crippen LogP contribution in [0, 0.1) is 5.41 Å². The third kappa shape index (κ3) is 5.33. The molecule has 0 saturated carbocycles. The van der Waals surface area contributed by atoms with E-state index in [0.29, 0.717) is 30.4 Å². The van der Waals surface area contributed by atoms with Crippen molar-refractivity contribution in [1.29, 1.82) is 0 Å². The molecular weight excluding hydrogens is 298 g/mol. The zero-order valence-corrected chi connectivity index (χ0v) is 15.2. The first-order chi connectivity index (χ1) is 11.3. The van der Waals surface area contributed by atoms with Gasteiger partial charge in [-0.05, 0) is 36.8 Å². The molecule has 1 aromatic rings. The summed E-state index contributed by atoms with van der Waals surface area (Å²) >= 11 is 0. The van der Waals surface area contributed by atoms with Crippen molar-refractivity contribution in [3.63, 3.8) is 0 Å². The van der Waals surface area contributed by atoms with Crippen molar-refractivity contribution < 1.29 is 9.59 Å². The van der Waals surface area contributed by atoms with Gasteiger partial charge in [-0.3, -0.25) is 9.59 Å². The predicted octanol–water partition coefficient (Wildman–Crippen LogP) is 5.16. The lowest BCUT2D eigenvalue weighted by atomic mass is 9.89. The monoisotopic (exact) mass is 327 g/mol. The van der Waals surface area contributed by atoms with E-state index in [1.165, 1.54) is 0 Å². The molecule has 1 aliphatic rings. The van der Waals surface area contributed by atoms with E-state index in [4.69, 9.17) is 0 Å². The molecule has 0 aromatic heterocycles. The largest absolute Gasteiger partial charge is 0.312 e. The summed E-state index contributed by atoms with van der Waals surface area (Å²) in [5.74, 6) is 0.237. The van der Waals surface area contributed by atoms with E-state index in [2.05, 4.69) is 27.4 Å². The molecule has 1 fully saturated rings. The maximum absolute atomic E-state index is 12.4. The fourth-order valence-electron chi connectivity index (χ4n) is 3.00. The molecule has 2 rings (SSSR count). The van der Waals surface area contributed by atoms with Crippen LogP contribution in [0.15, 0.2) is 36.4 Å². The minimum Gasteiger partial charge on any atom is -0.312 e. The highest BCUT2D eigenvalue weighted by Gasteiger charge is 2.22. The van der Waals surface area contributed by atoms with E-state index in [9.17, 15) is 9.59 Å². The van der Waals surface area contributed by atoms with Crippen molar-refractivity contribution in [2.45, 2.75) is 59.3 Å². The van der Waals surface area contributed by atoms with Gasteiger partial charge in [-0.1, -0.05) is 51.5 Å². The molecule has 0 atom stereocenters. The number of Topliss-reactive ketones (excluding diaryl/α,β-unsaturated/α-hetero) is 1. The number of piperidine rings is 1. The van der Waals surface area contributed by atoms with E-state index >= 15 is 0 Å². The van der Waals surface area contributed by atoms with E-state index in [1.807, 2.05) is 24.3 Å². The number of hydrogen-bond acceptors (Lipinski definition) is 2. The summed E-state index contributed by atoms with van der Waals surface area (Å²) in [5.41, 5.74) is 2.84. The number of anilines is 1. The molecule has 3 nitrogen and oxygen atoms in total. The first-order valence-corrected chi connectivity index (χ1v) is 8.86. The van der Waals surface area contributed by atoms with Gasteiger partial charge < -0.3 is 4.90 Å². The van der Waals surface area contributed by atoms with Gasteiger partial charge in [0, 0.05) is 30.6 Å². The highest BCUT2D eigenvalue weighted by Crippen LogP contribution is 2.25. The summed E-state index contributed by atoms with van der Waals surface area (Å²) in [6.07, 6.45) is 4.93. The van der Waals surface area contributed by atoms with Crippen LogP contribution in [0.1, 0.15) is 69.7 Å². The molecule has 24 heavy (non-hydrogen) atoms. The SMILES string of the molecule is C=C1CCN(c2cccc(C(=O)CCCCC(C)(C)C)c2)C(=O)C1. The Hall–Kier alpha value is -1.90. The Balaban J connectivity index is 1.95. The number of hydrogen-bond donors (Lipinski definition) is 0. The van der Waals surface area contributed by atoms with Crippen LogP contribution in [0.3, 0.4) is 0 Å². The summed E-state index contributed by atoms with van der Waals surface area (Å²) in [7, 11) is 0. The second kappa shape index (κ2) is 7.78. The number of unbranched alkanes of at least 4 members (excludes halogenated alkanes) is 1. The van der Waals surface area contributed by atoms with Crippen LogP contribution in [0.4, 0.5) is 5.69 Å². The molecule has 0 aliphatic carbocycles. The number of carbonyl (C=O) groups excluding carboxylic acids is 2. The van der Waals surface area contributed by atoms with Gasteiger partial charge in [0.2, 0.25) is 5.91 Å². The standard InChI is InChI=1S/C21H29NO2/c1-16-11-13-22(20(24)14-16)18-9-7-8-17(15-18)19(23)10-5-6-12-21(2,3)4/h7-9,15H,1,5-6,10-14H2,2-4H3. The van der Waals surface area contributed by atoms with Gasteiger partial charge >= 0.3 is 0 Å².